The highest BCUT2D eigenvalue weighted by molar-refractivity contribution is 5.94. The molecule has 7 heteroatoms. The van der Waals surface area contributed by atoms with Crippen LogP contribution in [0.5, 0.6) is 0 Å². The number of hydrogen-bond donors (Lipinski definition) is 0. The smallest absolute Gasteiger partial charge is 0.241 e. The molecule has 1 aromatic carbocycles. The average Bonchev–Trinajstić information content (AvgIpc) is 3.40. The number of anilines is 1. The third-order valence-corrected chi connectivity index (χ3v) is 5.15. The van der Waals surface area contributed by atoms with E-state index in [0.29, 0.717) is 13.1 Å². The molecular weight excluding hydrogens is 368 g/mol. The average molecular weight is 394 g/mol. The van der Waals surface area contributed by atoms with Crippen molar-refractivity contribution >= 4 is 11.6 Å². The van der Waals surface area contributed by atoms with Gasteiger partial charge >= 0.3 is 0 Å². The summed E-state index contributed by atoms with van der Waals surface area (Å²) >= 11 is 0. The van der Waals surface area contributed by atoms with Crippen molar-refractivity contribution in [1.82, 2.24) is 15.0 Å². The van der Waals surface area contributed by atoms with Crippen molar-refractivity contribution in [3.8, 4) is 0 Å². The molecule has 0 bridgehead atoms. The van der Waals surface area contributed by atoms with Crippen molar-refractivity contribution in [2.24, 2.45) is 0 Å². The molecular formula is C22H26N4O3. The number of rotatable bonds is 7. The van der Waals surface area contributed by atoms with E-state index in [1.807, 2.05) is 55.5 Å². The van der Waals surface area contributed by atoms with Crippen LogP contribution < -0.4 is 4.90 Å². The lowest BCUT2D eigenvalue weighted by molar-refractivity contribution is -0.120. The number of aromatic nitrogens is 1. The van der Waals surface area contributed by atoms with Gasteiger partial charge in [0, 0.05) is 44.5 Å². The van der Waals surface area contributed by atoms with Crippen molar-refractivity contribution in [3.63, 3.8) is 0 Å². The van der Waals surface area contributed by atoms with Gasteiger partial charge < -0.3 is 13.8 Å². The van der Waals surface area contributed by atoms with Crippen molar-refractivity contribution in [1.29, 1.82) is 0 Å². The molecule has 0 atom stereocenters. The zero-order valence-corrected chi connectivity index (χ0v) is 16.7. The monoisotopic (exact) mass is 394 g/mol. The number of furan rings is 1. The summed E-state index contributed by atoms with van der Waals surface area (Å²) in [5, 5.41) is 4.07. The maximum Gasteiger partial charge on any atom is 0.241 e. The second-order valence-corrected chi connectivity index (χ2v) is 7.38. The van der Waals surface area contributed by atoms with E-state index < -0.39 is 0 Å². The van der Waals surface area contributed by atoms with E-state index in [0.717, 1.165) is 55.6 Å². The highest BCUT2D eigenvalue weighted by atomic mass is 16.5. The molecule has 1 fully saturated rings. The first-order chi connectivity index (χ1) is 14.2. The number of amides is 1. The summed E-state index contributed by atoms with van der Waals surface area (Å²) in [6.07, 6.45) is 1.64. The molecule has 2 aromatic heterocycles. The van der Waals surface area contributed by atoms with E-state index in [2.05, 4.69) is 15.0 Å². The number of carbonyl (C=O) groups is 1. The third-order valence-electron chi connectivity index (χ3n) is 5.15. The molecule has 1 amide bonds. The Morgan fingerprint density at radius 3 is 2.48 bits per heavy atom. The van der Waals surface area contributed by atoms with Crippen LogP contribution in [0.25, 0.3) is 0 Å². The Labute approximate surface area is 170 Å². The summed E-state index contributed by atoms with van der Waals surface area (Å²) in [5.74, 6) is 1.69. The Kier molecular flexibility index (Phi) is 6.07. The van der Waals surface area contributed by atoms with Crippen LogP contribution >= 0.6 is 0 Å². The molecule has 0 saturated carbocycles. The van der Waals surface area contributed by atoms with Gasteiger partial charge in [-0.25, -0.2) is 0 Å². The summed E-state index contributed by atoms with van der Waals surface area (Å²) < 4.78 is 10.6. The summed E-state index contributed by atoms with van der Waals surface area (Å²) in [5.41, 5.74) is 1.84. The van der Waals surface area contributed by atoms with E-state index in [9.17, 15) is 4.79 Å². The van der Waals surface area contributed by atoms with E-state index in [1.165, 1.54) is 0 Å². The number of para-hydroxylation sites is 1. The van der Waals surface area contributed by atoms with Crippen LogP contribution in [0.4, 0.5) is 5.69 Å². The second-order valence-electron chi connectivity index (χ2n) is 7.38. The molecule has 29 heavy (non-hydrogen) atoms. The first kappa shape index (κ1) is 19.4. The largest absolute Gasteiger partial charge is 0.467 e. The lowest BCUT2D eigenvalue weighted by atomic mass is 10.2. The zero-order chi connectivity index (χ0) is 20.1. The Morgan fingerprint density at radius 1 is 1.07 bits per heavy atom. The van der Waals surface area contributed by atoms with E-state index in [1.54, 1.807) is 11.2 Å². The van der Waals surface area contributed by atoms with Crippen LogP contribution in [-0.2, 0) is 17.9 Å². The summed E-state index contributed by atoms with van der Waals surface area (Å²) in [7, 11) is 0. The molecule has 1 saturated heterocycles. The highest BCUT2D eigenvalue weighted by Crippen LogP contribution is 2.18. The molecule has 4 rings (SSSR count). The first-order valence-corrected chi connectivity index (χ1v) is 9.92. The van der Waals surface area contributed by atoms with Crippen LogP contribution in [0, 0.1) is 6.92 Å². The Morgan fingerprint density at radius 2 is 1.83 bits per heavy atom. The molecule has 7 nitrogen and oxygen atoms in total. The van der Waals surface area contributed by atoms with Gasteiger partial charge in [0.15, 0.2) is 0 Å². The third kappa shape index (κ3) is 5.13. The molecule has 0 spiro atoms. The zero-order valence-electron chi connectivity index (χ0n) is 16.7. The van der Waals surface area contributed by atoms with Gasteiger partial charge in [0.05, 0.1) is 25.0 Å². The molecule has 152 valence electrons. The minimum Gasteiger partial charge on any atom is -0.467 e. The van der Waals surface area contributed by atoms with Gasteiger partial charge in [0.25, 0.3) is 0 Å². The maximum absolute atomic E-state index is 13.1. The van der Waals surface area contributed by atoms with Crippen molar-refractivity contribution in [2.75, 3.05) is 37.6 Å². The summed E-state index contributed by atoms with van der Waals surface area (Å²) in [6, 6.07) is 15.5. The normalized spacial score (nSPS) is 15.5. The fourth-order valence-electron chi connectivity index (χ4n) is 3.59. The SMILES string of the molecule is Cc1cc(CN2CCN(CC(=O)N(Cc3ccco3)c3ccccc3)CC2)no1. The van der Waals surface area contributed by atoms with Crippen LogP contribution in [0.1, 0.15) is 17.2 Å². The van der Waals surface area contributed by atoms with Gasteiger partial charge in [-0.1, -0.05) is 23.4 Å². The Hall–Kier alpha value is -2.90. The van der Waals surface area contributed by atoms with Crippen molar-refractivity contribution in [2.45, 2.75) is 20.0 Å². The molecule has 1 aliphatic heterocycles. The number of nitrogens with zero attached hydrogens (tertiary/aromatic N) is 4. The lowest BCUT2D eigenvalue weighted by Crippen LogP contribution is -2.49. The number of benzene rings is 1. The summed E-state index contributed by atoms with van der Waals surface area (Å²) in [6.45, 7) is 7.03. The van der Waals surface area contributed by atoms with Gasteiger partial charge in [-0.2, -0.15) is 0 Å². The minimum atomic E-state index is 0.0770. The van der Waals surface area contributed by atoms with E-state index in [4.69, 9.17) is 8.94 Å². The minimum absolute atomic E-state index is 0.0770. The molecule has 0 radical (unpaired) electrons. The standard InChI is InChI=1S/C22H26N4O3/c1-18-14-19(23-29-18)15-24-9-11-25(12-10-24)17-22(27)26(16-21-8-5-13-28-21)20-6-3-2-4-7-20/h2-8,13-14H,9-12,15-17H2,1H3. The second kappa shape index (κ2) is 9.07. The highest BCUT2D eigenvalue weighted by Gasteiger charge is 2.24. The van der Waals surface area contributed by atoms with Crippen molar-refractivity contribution in [3.05, 3.63) is 72.0 Å². The van der Waals surface area contributed by atoms with Gasteiger partial charge in [-0.15, -0.1) is 0 Å². The molecule has 3 heterocycles. The quantitative estimate of drug-likeness (QED) is 0.614. The molecule has 0 aliphatic carbocycles. The van der Waals surface area contributed by atoms with Crippen LogP contribution in [-0.4, -0.2) is 53.6 Å². The van der Waals surface area contributed by atoms with Crippen LogP contribution in [0.3, 0.4) is 0 Å². The van der Waals surface area contributed by atoms with E-state index >= 15 is 0 Å². The predicted octanol–water partition coefficient (Wildman–Crippen LogP) is 2.93. The van der Waals surface area contributed by atoms with Gasteiger partial charge in [-0.05, 0) is 31.2 Å². The van der Waals surface area contributed by atoms with E-state index in [-0.39, 0.29) is 5.91 Å². The Bertz CT molecular complexity index is 899. The predicted molar refractivity (Wildman–Crippen MR) is 109 cm³/mol. The summed E-state index contributed by atoms with van der Waals surface area (Å²) in [4.78, 5) is 19.5. The number of aryl methyl sites for hydroxylation is 1. The van der Waals surface area contributed by atoms with Gasteiger partial charge in [0.1, 0.15) is 11.5 Å². The molecule has 3 aromatic rings. The fourth-order valence-corrected chi connectivity index (χ4v) is 3.59. The number of carbonyl (C=O) groups excluding carboxylic acids is 1. The molecule has 0 N–H and O–H groups in total. The first-order valence-electron chi connectivity index (χ1n) is 9.92. The van der Waals surface area contributed by atoms with Crippen LogP contribution in [0.2, 0.25) is 0 Å². The molecule has 1 aliphatic rings. The maximum atomic E-state index is 13.1. The van der Waals surface area contributed by atoms with Crippen LogP contribution in [0.15, 0.2) is 63.7 Å². The van der Waals surface area contributed by atoms with Crippen molar-refractivity contribution < 1.29 is 13.7 Å². The topological polar surface area (TPSA) is 66.0 Å². The number of piperazine rings is 1. The molecule has 0 unspecified atom stereocenters. The van der Waals surface area contributed by atoms with Gasteiger partial charge in [-0.3, -0.25) is 14.6 Å². The fraction of sp³-hybridized carbons (Fsp3) is 0.364. The lowest BCUT2D eigenvalue weighted by Gasteiger charge is -2.35. The Balaban J connectivity index is 1.34. The van der Waals surface area contributed by atoms with Gasteiger partial charge in [0.2, 0.25) is 5.91 Å². The number of hydrogen-bond acceptors (Lipinski definition) is 6.